The highest BCUT2D eigenvalue weighted by molar-refractivity contribution is 8.01. The number of nitrogens with one attached hydrogen (secondary N) is 1. The second-order valence-corrected chi connectivity index (χ2v) is 11.2. The molecule has 2 fully saturated rings. The monoisotopic (exact) mass is 521 g/mol. The molecule has 0 spiro atoms. The van der Waals surface area contributed by atoms with E-state index in [1.807, 2.05) is 53.3 Å². The van der Waals surface area contributed by atoms with E-state index in [9.17, 15) is 9.59 Å². The molecule has 1 aromatic carbocycles. The van der Waals surface area contributed by atoms with Gasteiger partial charge in [0.05, 0.1) is 35.2 Å². The quantitative estimate of drug-likeness (QED) is 0.449. The Labute approximate surface area is 218 Å². The Hall–Kier alpha value is -3.37. The average molecular weight is 522 g/mol. The summed E-state index contributed by atoms with van der Waals surface area (Å²) in [5.41, 5.74) is 1.55. The number of aromatic nitrogens is 2. The molecular formula is C26H27N5O3S2. The number of aryl methyl sites for hydroxylation is 1. The Morgan fingerprint density at radius 3 is 2.67 bits per heavy atom. The zero-order chi connectivity index (χ0) is 25.2. The molecule has 8 nitrogen and oxygen atoms in total. The number of likely N-dealkylation sites (tertiary alicyclic amines) is 1. The highest BCUT2D eigenvalue weighted by atomic mass is 32.2. The molecule has 2 aliphatic heterocycles. The van der Waals surface area contributed by atoms with Gasteiger partial charge in [-0.05, 0) is 55.7 Å². The molecule has 5 rings (SSSR count). The second kappa shape index (κ2) is 10.3. The zero-order valence-electron chi connectivity index (χ0n) is 20.1. The minimum atomic E-state index is -0.0712. The van der Waals surface area contributed by atoms with E-state index in [1.165, 1.54) is 17.4 Å². The van der Waals surface area contributed by atoms with E-state index < -0.39 is 0 Å². The molecule has 0 saturated carbocycles. The SMILES string of the molecule is C=CC(=O)N1C2CC[C@@H]1CN(C(=O)c1cc(Sc3cnc(Nc4ccccn4)s3)c(C)cc1OC)C2. The number of fused-ring (bicyclic) bond motifs is 2. The van der Waals surface area contributed by atoms with Crippen molar-refractivity contribution in [3.8, 4) is 5.75 Å². The van der Waals surface area contributed by atoms with Gasteiger partial charge in [-0.1, -0.05) is 35.7 Å². The summed E-state index contributed by atoms with van der Waals surface area (Å²) in [5.74, 6) is 1.17. The summed E-state index contributed by atoms with van der Waals surface area (Å²) >= 11 is 3.10. The average Bonchev–Trinajstić information content (AvgIpc) is 3.44. The number of nitrogens with zero attached hydrogens (tertiary/aromatic N) is 4. The number of benzene rings is 1. The summed E-state index contributed by atoms with van der Waals surface area (Å²) in [4.78, 5) is 39.4. The number of anilines is 2. The number of carbonyl (C=O) groups excluding carboxylic acids is 2. The highest BCUT2D eigenvalue weighted by Gasteiger charge is 2.43. The molecule has 4 heterocycles. The summed E-state index contributed by atoms with van der Waals surface area (Å²) in [5, 5.41) is 3.96. The van der Waals surface area contributed by atoms with Crippen LogP contribution in [0.4, 0.5) is 10.9 Å². The molecule has 2 aromatic heterocycles. The molecule has 2 bridgehead atoms. The fourth-order valence-corrected chi connectivity index (χ4v) is 6.78. The maximum absolute atomic E-state index is 13.7. The van der Waals surface area contributed by atoms with Crippen LogP contribution in [0.15, 0.2) is 64.5 Å². The fourth-order valence-electron chi connectivity index (χ4n) is 4.83. The third-order valence-corrected chi connectivity index (χ3v) is 8.69. The molecule has 1 unspecified atom stereocenters. The Kier molecular flexibility index (Phi) is 6.97. The highest BCUT2D eigenvalue weighted by Crippen LogP contribution is 2.39. The van der Waals surface area contributed by atoms with Gasteiger partial charge in [-0.15, -0.1) is 0 Å². The number of amides is 2. The lowest BCUT2D eigenvalue weighted by Crippen LogP contribution is -2.56. The minimum Gasteiger partial charge on any atom is -0.496 e. The van der Waals surface area contributed by atoms with Crippen LogP contribution in [0.2, 0.25) is 0 Å². The molecule has 1 N–H and O–H groups in total. The molecule has 2 atom stereocenters. The van der Waals surface area contributed by atoms with E-state index in [0.717, 1.165) is 38.5 Å². The standard InChI is InChI=1S/C26H27N5O3S2/c1-4-23(32)31-17-8-9-18(31)15-30(14-17)25(33)19-12-21(16(2)11-20(19)34-3)35-24-13-28-26(36-24)29-22-7-5-6-10-27-22/h4-7,10-13,17-18H,1,8-9,14-15H2,2-3H3,(H,27,28,29)/t17-,18?/m1/s1. The fraction of sp³-hybridized carbons (Fsp3) is 0.308. The van der Waals surface area contributed by atoms with Gasteiger partial charge in [-0.25, -0.2) is 9.97 Å². The van der Waals surface area contributed by atoms with Gasteiger partial charge in [0.15, 0.2) is 5.13 Å². The van der Waals surface area contributed by atoms with Crippen LogP contribution in [0.3, 0.4) is 0 Å². The van der Waals surface area contributed by atoms with Gasteiger partial charge in [-0.2, -0.15) is 0 Å². The van der Waals surface area contributed by atoms with E-state index >= 15 is 0 Å². The molecule has 2 amide bonds. The first-order valence-corrected chi connectivity index (χ1v) is 13.3. The van der Waals surface area contributed by atoms with Crippen LogP contribution >= 0.6 is 23.1 Å². The molecular weight excluding hydrogens is 494 g/mol. The van der Waals surface area contributed by atoms with Crippen LogP contribution in [-0.2, 0) is 4.79 Å². The van der Waals surface area contributed by atoms with Crippen molar-refractivity contribution >= 4 is 45.9 Å². The van der Waals surface area contributed by atoms with Gasteiger partial charge in [-0.3, -0.25) is 9.59 Å². The first kappa shape index (κ1) is 24.3. The maximum atomic E-state index is 13.7. The van der Waals surface area contributed by atoms with Gasteiger partial charge in [0, 0.05) is 24.2 Å². The molecule has 0 aliphatic carbocycles. The van der Waals surface area contributed by atoms with E-state index in [4.69, 9.17) is 4.74 Å². The number of hydrogen-bond acceptors (Lipinski definition) is 8. The number of methoxy groups -OCH3 is 1. The predicted octanol–water partition coefficient (Wildman–Crippen LogP) is 4.75. The van der Waals surface area contributed by atoms with Crippen LogP contribution in [0.25, 0.3) is 0 Å². The lowest BCUT2D eigenvalue weighted by Gasteiger charge is -2.40. The maximum Gasteiger partial charge on any atom is 0.257 e. The van der Waals surface area contributed by atoms with Gasteiger partial charge in [0.25, 0.3) is 5.91 Å². The topological polar surface area (TPSA) is 87.7 Å². The van der Waals surface area contributed by atoms with E-state index in [0.29, 0.717) is 24.4 Å². The van der Waals surface area contributed by atoms with Crippen molar-refractivity contribution < 1.29 is 14.3 Å². The molecule has 2 aliphatic rings. The summed E-state index contributed by atoms with van der Waals surface area (Å²) in [6.45, 7) is 6.68. The number of hydrogen-bond donors (Lipinski definition) is 1. The van der Waals surface area contributed by atoms with Crippen LogP contribution in [0, 0.1) is 6.92 Å². The summed E-state index contributed by atoms with van der Waals surface area (Å²) in [6.07, 6.45) is 6.72. The zero-order valence-corrected chi connectivity index (χ0v) is 21.8. The number of pyridine rings is 1. The first-order valence-electron chi connectivity index (χ1n) is 11.7. The van der Waals surface area contributed by atoms with Gasteiger partial charge in [0.2, 0.25) is 5.91 Å². The largest absolute Gasteiger partial charge is 0.496 e. The van der Waals surface area contributed by atoms with Crippen molar-refractivity contribution in [3.63, 3.8) is 0 Å². The molecule has 2 saturated heterocycles. The number of thiazole rings is 1. The minimum absolute atomic E-state index is 0.0331. The normalized spacial score (nSPS) is 18.7. The smallest absolute Gasteiger partial charge is 0.257 e. The molecule has 3 aromatic rings. The van der Waals surface area contributed by atoms with Crippen LogP contribution in [-0.4, -0.2) is 63.9 Å². The van der Waals surface area contributed by atoms with Crippen molar-refractivity contribution in [2.45, 2.75) is 41.0 Å². The van der Waals surface area contributed by atoms with Crippen molar-refractivity contribution in [2.75, 3.05) is 25.5 Å². The molecule has 0 radical (unpaired) electrons. The number of ether oxygens (including phenoxy) is 1. The molecule has 36 heavy (non-hydrogen) atoms. The summed E-state index contributed by atoms with van der Waals surface area (Å²) in [6, 6.07) is 9.56. The number of piperazine rings is 1. The van der Waals surface area contributed by atoms with Crippen LogP contribution in [0.1, 0.15) is 28.8 Å². The van der Waals surface area contributed by atoms with Crippen molar-refractivity contribution in [1.82, 2.24) is 19.8 Å². The van der Waals surface area contributed by atoms with Crippen molar-refractivity contribution in [1.29, 1.82) is 0 Å². The third-order valence-electron chi connectivity index (χ3n) is 6.52. The Balaban J connectivity index is 1.35. The molecule has 10 heteroatoms. The van der Waals surface area contributed by atoms with Crippen LogP contribution in [0.5, 0.6) is 5.75 Å². The van der Waals surface area contributed by atoms with Crippen molar-refractivity contribution in [3.05, 3.63) is 66.5 Å². The Morgan fingerprint density at radius 1 is 1.22 bits per heavy atom. The third kappa shape index (κ3) is 4.83. The Bertz CT molecular complexity index is 1280. The predicted molar refractivity (Wildman–Crippen MR) is 141 cm³/mol. The van der Waals surface area contributed by atoms with Gasteiger partial charge in [0.1, 0.15) is 11.6 Å². The second-order valence-electron chi connectivity index (χ2n) is 8.79. The number of rotatable bonds is 7. The van der Waals surface area contributed by atoms with E-state index in [1.54, 1.807) is 25.1 Å². The first-order chi connectivity index (χ1) is 17.5. The van der Waals surface area contributed by atoms with E-state index in [2.05, 4.69) is 21.9 Å². The van der Waals surface area contributed by atoms with E-state index in [-0.39, 0.29) is 23.9 Å². The van der Waals surface area contributed by atoms with Gasteiger partial charge < -0.3 is 19.9 Å². The lowest BCUT2D eigenvalue weighted by molar-refractivity contribution is -0.131. The Morgan fingerprint density at radius 2 is 2.00 bits per heavy atom. The van der Waals surface area contributed by atoms with Gasteiger partial charge >= 0.3 is 0 Å². The van der Waals surface area contributed by atoms with Crippen molar-refractivity contribution in [2.24, 2.45) is 0 Å². The lowest BCUT2D eigenvalue weighted by atomic mass is 10.1. The van der Waals surface area contributed by atoms with Crippen LogP contribution < -0.4 is 10.1 Å². The molecule has 186 valence electrons. The summed E-state index contributed by atoms with van der Waals surface area (Å²) < 4.78 is 6.59. The number of carbonyl (C=O) groups is 2. The summed E-state index contributed by atoms with van der Waals surface area (Å²) in [7, 11) is 1.58.